The van der Waals surface area contributed by atoms with Gasteiger partial charge in [-0.3, -0.25) is 5.10 Å². The van der Waals surface area contributed by atoms with Crippen molar-refractivity contribution in [1.29, 1.82) is 0 Å². The summed E-state index contributed by atoms with van der Waals surface area (Å²) in [6.07, 6.45) is 0.931. The van der Waals surface area contributed by atoms with Crippen LogP contribution in [0.15, 0.2) is 42.5 Å². The molecule has 0 amide bonds. The van der Waals surface area contributed by atoms with Gasteiger partial charge in [-0.25, -0.2) is 0 Å². The zero-order chi connectivity index (χ0) is 13.9. The number of aromatic amines is 1. The fourth-order valence-corrected chi connectivity index (χ4v) is 2.38. The van der Waals surface area contributed by atoms with E-state index in [1.54, 1.807) is 0 Å². The molecule has 0 aliphatic heterocycles. The lowest BCUT2D eigenvalue weighted by atomic mass is 10.1. The minimum absolute atomic E-state index is 0.765. The Bertz CT molecular complexity index is 716. The Labute approximate surface area is 123 Å². The topological polar surface area (TPSA) is 40.7 Å². The predicted molar refractivity (Wildman–Crippen MR) is 84.3 cm³/mol. The fourth-order valence-electron chi connectivity index (χ4n) is 2.25. The van der Waals surface area contributed by atoms with Crippen LogP contribution in [0.2, 0.25) is 5.02 Å². The molecule has 0 atom stereocenters. The largest absolute Gasteiger partial charge is 0.381 e. The zero-order valence-electron chi connectivity index (χ0n) is 11.3. The molecule has 2 aromatic carbocycles. The number of hydrogen-bond acceptors (Lipinski definition) is 2. The third kappa shape index (κ3) is 2.63. The van der Waals surface area contributed by atoms with Crippen LogP contribution in [0.1, 0.15) is 18.2 Å². The summed E-state index contributed by atoms with van der Waals surface area (Å²) in [6.45, 7) is 2.89. The van der Waals surface area contributed by atoms with Crippen LogP contribution in [0.4, 0.5) is 5.69 Å². The summed E-state index contributed by atoms with van der Waals surface area (Å²) in [4.78, 5) is 0. The maximum atomic E-state index is 5.88. The van der Waals surface area contributed by atoms with Gasteiger partial charge in [0.05, 0.1) is 11.2 Å². The number of hydrogen-bond donors (Lipinski definition) is 2. The third-order valence-electron chi connectivity index (χ3n) is 3.39. The first-order valence-corrected chi connectivity index (χ1v) is 7.09. The first-order chi connectivity index (χ1) is 9.76. The number of rotatable bonds is 4. The van der Waals surface area contributed by atoms with Crippen LogP contribution < -0.4 is 5.32 Å². The monoisotopic (exact) mass is 285 g/mol. The molecule has 0 aliphatic carbocycles. The molecule has 1 heterocycles. The van der Waals surface area contributed by atoms with Crippen molar-refractivity contribution < 1.29 is 0 Å². The number of benzene rings is 2. The third-order valence-corrected chi connectivity index (χ3v) is 3.64. The van der Waals surface area contributed by atoms with Gasteiger partial charge in [-0.1, -0.05) is 30.7 Å². The van der Waals surface area contributed by atoms with Crippen LogP contribution in [0.25, 0.3) is 10.9 Å². The number of nitrogens with zero attached hydrogens (tertiary/aromatic N) is 1. The molecule has 0 spiro atoms. The molecule has 3 nitrogen and oxygen atoms in total. The van der Waals surface area contributed by atoms with E-state index in [1.165, 1.54) is 10.9 Å². The lowest BCUT2D eigenvalue weighted by molar-refractivity contribution is 0.988. The molecule has 0 unspecified atom stereocenters. The molecule has 20 heavy (non-hydrogen) atoms. The van der Waals surface area contributed by atoms with E-state index in [9.17, 15) is 0 Å². The zero-order valence-corrected chi connectivity index (χ0v) is 12.0. The Morgan fingerprint density at radius 1 is 1.15 bits per heavy atom. The van der Waals surface area contributed by atoms with E-state index in [-0.39, 0.29) is 0 Å². The molecule has 4 heteroatoms. The highest BCUT2D eigenvalue weighted by Crippen LogP contribution is 2.21. The van der Waals surface area contributed by atoms with Gasteiger partial charge >= 0.3 is 0 Å². The highest BCUT2D eigenvalue weighted by Gasteiger charge is 2.04. The van der Waals surface area contributed by atoms with Gasteiger partial charge in [0, 0.05) is 22.6 Å². The van der Waals surface area contributed by atoms with Crippen LogP contribution >= 0.6 is 11.6 Å². The van der Waals surface area contributed by atoms with Crippen molar-refractivity contribution in [1.82, 2.24) is 10.2 Å². The Balaban J connectivity index is 1.78. The maximum Gasteiger partial charge on any atom is 0.0698 e. The molecule has 1 aromatic heterocycles. The summed E-state index contributed by atoms with van der Waals surface area (Å²) in [7, 11) is 0. The second-order valence-corrected chi connectivity index (χ2v) is 5.20. The van der Waals surface area contributed by atoms with Crippen LogP contribution in [-0.4, -0.2) is 10.2 Å². The van der Waals surface area contributed by atoms with E-state index in [1.807, 2.05) is 24.3 Å². The van der Waals surface area contributed by atoms with E-state index in [0.29, 0.717) is 0 Å². The average Bonchev–Trinajstić information content (AvgIpc) is 2.89. The Kier molecular flexibility index (Phi) is 3.61. The highest BCUT2D eigenvalue weighted by atomic mass is 35.5. The van der Waals surface area contributed by atoms with Crippen molar-refractivity contribution in [2.24, 2.45) is 0 Å². The average molecular weight is 286 g/mol. The molecule has 2 N–H and O–H groups in total. The molecular weight excluding hydrogens is 270 g/mol. The lowest BCUT2D eigenvalue weighted by Gasteiger charge is -2.07. The molecule has 0 saturated heterocycles. The van der Waals surface area contributed by atoms with Crippen LogP contribution in [0.3, 0.4) is 0 Å². The molecule has 0 bridgehead atoms. The first kappa shape index (κ1) is 13.0. The molecule has 3 aromatic rings. The van der Waals surface area contributed by atoms with Crippen molar-refractivity contribution in [3.63, 3.8) is 0 Å². The molecule has 0 saturated carbocycles. The molecular formula is C16H16ClN3. The predicted octanol–water partition coefficient (Wildman–Crippen LogP) is 4.39. The molecule has 0 radical (unpaired) electrons. The Hall–Kier alpha value is -2.00. The minimum atomic E-state index is 0.765. The normalized spacial score (nSPS) is 10.9. The number of halogens is 1. The van der Waals surface area contributed by atoms with E-state index in [4.69, 9.17) is 11.6 Å². The van der Waals surface area contributed by atoms with Gasteiger partial charge < -0.3 is 5.32 Å². The summed E-state index contributed by atoms with van der Waals surface area (Å²) in [5.41, 5.74) is 4.50. The summed E-state index contributed by atoms with van der Waals surface area (Å²) in [5, 5.41) is 12.8. The Morgan fingerprint density at radius 2 is 1.95 bits per heavy atom. The van der Waals surface area contributed by atoms with Crippen molar-refractivity contribution >= 4 is 28.2 Å². The fraction of sp³-hybridized carbons (Fsp3) is 0.188. The van der Waals surface area contributed by atoms with Crippen LogP contribution in [0.5, 0.6) is 0 Å². The SMILES string of the molecule is CCc1n[nH]c2ccc(NCc3ccc(Cl)cc3)cc12. The Morgan fingerprint density at radius 3 is 2.70 bits per heavy atom. The second kappa shape index (κ2) is 5.55. The number of aryl methyl sites for hydroxylation is 1. The van der Waals surface area contributed by atoms with Gasteiger partial charge in [0.25, 0.3) is 0 Å². The first-order valence-electron chi connectivity index (χ1n) is 6.71. The minimum Gasteiger partial charge on any atom is -0.381 e. The molecule has 102 valence electrons. The quantitative estimate of drug-likeness (QED) is 0.746. The standard InChI is InChI=1S/C16H16ClN3/c1-2-15-14-9-13(7-8-16(14)20-19-15)18-10-11-3-5-12(17)6-4-11/h3-9,18H,2,10H2,1H3,(H,19,20). The number of aromatic nitrogens is 2. The lowest BCUT2D eigenvalue weighted by Crippen LogP contribution is -1.98. The molecule has 0 fully saturated rings. The molecule has 0 aliphatic rings. The van der Waals surface area contributed by atoms with E-state index in [0.717, 1.165) is 34.9 Å². The van der Waals surface area contributed by atoms with Gasteiger partial charge in [-0.2, -0.15) is 5.10 Å². The van der Waals surface area contributed by atoms with Crippen LogP contribution in [0, 0.1) is 0 Å². The summed E-state index contributed by atoms with van der Waals surface area (Å²) in [5.74, 6) is 0. The van der Waals surface area contributed by atoms with Crippen molar-refractivity contribution in [3.8, 4) is 0 Å². The van der Waals surface area contributed by atoms with Gasteiger partial charge in [-0.15, -0.1) is 0 Å². The summed E-state index contributed by atoms with van der Waals surface area (Å²) >= 11 is 5.88. The van der Waals surface area contributed by atoms with Gasteiger partial charge in [0.2, 0.25) is 0 Å². The number of fused-ring (bicyclic) bond motifs is 1. The van der Waals surface area contributed by atoms with E-state index < -0.39 is 0 Å². The van der Waals surface area contributed by atoms with E-state index >= 15 is 0 Å². The van der Waals surface area contributed by atoms with Crippen molar-refractivity contribution in [2.75, 3.05) is 5.32 Å². The smallest absolute Gasteiger partial charge is 0.0698 e. The maximum absolute atomic E-state index is 5.88. The second-order valence-electron chi connectivity index (χ2n) is 4.76. The number of H-pyrrole nitrogens is 1. The summed E-state index contributed by atoms with van der Waals surface area (Å²) < 4.78 is 0. The van der Waals surface area contributed by atoms with Gasteiger partial charge in [-0.05, 0) is 42.3 Å². The van der Waals surface area contributed by atoms with E-state index in [2.05, 4.69) is 40.6 Å². The van der Waals surface area contributed by atoms with Crippen molar-refractivity contribution in [2.45, 2.75) is 19.9 Å². The van der Waals surface area contributed by atoms with Crippen LogP contribution in [-0.2, 0) is 13.0 Å². The van der Waals surface area contributed by atoms with Gasteiger partial charge in [0.15, 0.2) is 0 Å². The van der Waals surface area contributed by atoms with Crippen molar-refractivity contribution in [3.05, 3.63) is 58.7 Å². The molecule has 3 rings (SSSR count). The highest BCUT2D eigenvalue weighted by molar-refractivity contribution is 6.30. The number of anilines is 1. The van der Waals surface area contributed by atoms with Gasteiger partial charge in [0.1, 0.15) is 0 Å². The summed E-state index contributed by atoms with van der Waals surface area (Å²) in [6, 6.07) is 14.2. The number of nitrogens with one attached hydrogen (secondary N) is 2.